The van der Waals surface area contributed by atoms with E-state index in [1.165, 1.54) is 25.7 Å². The van der Waals surface area contributed by atoms with Gasteiger partial charge in [-0.2, -0.15) is 0 Å². The topological polar surface area (TPSA) is 17.1 Å². The van der Waals surface area contributed by atoms with Gasteiger partial charge in [-0.3, -0.25) is 0 Å². The van der Waals surface area contributed by atoms with Gasteiger partial charge in [0, 0.05) is 0 Å². The van der Waals surface area contributed by atoms with E-state index in [1.54, 1.807) is 0 Å². The second kappa shape index (κ2) is 4.29. The molecule has 2 heteroatoms. The summed E-state index contributed by atoms with van der Waals surface area (Å²) in [5.41, 5.74) is 0.528. The fraction of sp³-hybridized carbons (Fsp3) is 0.929. The van der Waals surface area contributed by atoms with Crippen LogP contribution in [-0.4, -0.2) is 24.2 Å². The maximum atomic E-state index is 12.0. The Labute approximate surface area is 104 Å². The summed E-state index contributed by atoms with van der Waals surface area (Å²) < 4.78 is 0.799. The van der Waals surface area contributed by atoms with Crippen molar-refractivity contribution in [3.8, 4) is 0 Å². The number of carbonyl (C=O) groups excluding carboxylic acids is 1. The van der Waals surface area contributed by atoms with Crippen molar-refractivity contribution in [2.24, 2.45) is 11.3 Å². The van der Waals surface area contributed by atoms with Crippen molar-refractivity contribution in [3.63, 3.8) is 0 Å². The molecule has 0 bridgehead atoms. The zero-order chi connectivity index (χ0) is 12.0. The molecule has 2 fully saturated rings. The standard InChI is InChI=1S/C11H17O.3CH3.Sn/c1-11-6-3-2-4-9(11)8-10(12)5-7-11;;;;/h7,9H,2-6,8H2,1H3;3*1H3;/t9-,11-;;;;/m1..../s1. The molecular weight excluding hydrogens is 303 g/mol. The first-order valence-corrected chi connectivity index (χ1v) is 17.1. The Kier molecular flexibility index (Phi) is 3.46. The first kappa shape index (κ1) is 12.9. The molecule has 0 saturated heterocycles. The van der Waals surface area contributed by atoms with E-state index in [-0.39, 0.29) is 0 Å². The molecule has 0 spiro atoms. The predicted molar refractivity (Wildman–Crippen MR) is 71.4 cm³/mol. The fourth-order valence-corrected chi connectivity index (χ4v) is 13.5. The van der Waals surface area contributed by atoms with Crippen LogP contribution in [0.2, 0.25) is 18.8 Å². The van der Waals surface area contributed by atoms with E-state index >= 15 is 0 Å². The van der Waals surface area contributed by atoms with E-state index in [0.29, 0.717) is 11.2 Å². The minimum absolute atomic E-state index is 0.528. The second-order valence-corrected chi connectivity index (χ2v) is 22.8. The van der Waals surface area contributed by atoms with Gasteiger partial charge in [0.1, 0.15) is 0 Å². The molecule has 92 valence electrons. The van der Waals surface area contributed by atoms with Crippen LogP contribution < -0.4 is 0 Å². The van der Waals surface area contributed by atoms with Crippen LogP contribution in [0.4, 0.5) is 0 Å². The molecule has 0 N–H and O–H groups in total. The Morgan fingerprint density at radius 3 is 2.50 bits per heavy atom. The average Bonchev–Trinajstić information content (AvgIpc) is 2.16. The van der Waals surface area contributed by atoms with Crippen molar-refractivity contribution < 1.29 is 4.79 Å². The molecule has 0 aromatic rings. The number of Topliss-reactive ketones (excluding diaryl/α,β-unsaturated/α-hetero) is 1. The molecule has 3 atom stereocenters. The van der Waals surface area contributed by atoms with Gasteiger partial charge in [0.15, 0.2) is 0 Å². The van der Waals surface area contributed by atoms with E-state index in [2.05, 4.69) is 21.7 Å². The molecule has 1 nitrogen and oxygen atoms in total. The van der Waals surface area contributed by atoms with Gasteiger partial charge >= 0.3 is 104 Å². The first-order valence-electron chi connectivity index (χ1n) is 6.86. The molecule has 0 radical (unpaired) electrons. The molecule has 2 aliphatic carbocycles. The summed E-state index contributed by atoms with van der Waals surface area (Å²) in [6.07, 6.45) is 7.30. The molecule has 0 unspecified atom stereocenters. The van der Waals surface area contributed by atoms with Crippen LogP contribution >= 0.6 is 0 Å². The van der Waals surface area contributed by atoms with Crippen LogP contribution in [0.5, 0.6) is 0 Å². The van der Waals surface area contributed by atoms with Crippen LogP contribution in [0.15, 0.2) is 0 Å². The SMILES string of the molecule is C[C@]12CCCC[C@@H]1CC(=O)C[C@H]2[Sn]([CH3])([CH3])[CH3]. The van der Waals surface area contributed by atoms with E-state index in [1.807, 2.05) is 0 Å². The number of hydrogen-bond acceptors (Lipinski definition) is 1. The molecule has 0 aromatic carbocycles. The second-order valence-electron chi connectivity index (χ2n) is 7.31. The number of hydrogen-bond donors (Lipinski definition) is 0. The number of ketones is 1. The average molecular weight is 329 g/mol. The van der Waals surface area contributed by atoms with Gasteiger partial charge in [0.2, 0.25) is 0 Å². The van der Waals surface area contributed by atoms with Gasteiger partial charge in [-0.1, -0.05) is 0 Å². The summed E-state index contributed by atoms with van der Waals surface area (Å²) in [5.74, 6) is 1.30. The van der Waals surface area contributed by atoms with Crippen LogP contribution in [-0.2, 0) is 4.79 Å². The van der Waals surface area contributed by atoms with Gasteiger partial charge in [0.05, 0.1) is 0 Å². The molecule has 0 amide bonds. The summed E-state index contributed by atoms with van der Waals surface area (Å²) >= 11 is -1.96. The molecule has 2 rings (SSSR count). The Morgan fingerprint density at radius 1 is 1.19 bits per heavy atom. The summed E-state index contributed by atoms with van der Waals surface area (Å²) in [6, 6.07) is 0. The van der Waals surface area contributed by atoms with E-state index in [9.17, 15) is 4.79 Å². The van der Waals surface area contributed by atoms with Gasteiger partial charge in [-0.25, -0.2) is 0 Å². The summed E-state index contributed by atoms with van der Waals surface area (Å²) in [7, 11) is 0. The summed E-state index contributed by atoms with van der Waals surface area (Å²) in [5, 5.41) is 0. The van der Waals surface area contributed by atoms with Crippen molar-refractivity contribution in [1.82, 2.24) is 0 Å². The third kappa shape index (κ3) is 2.21. The third-order valence-corrected chi connectivity index (χ3v) is 13.6. The zero-order valence-electron chi connectivity index (χ0n) is 11.3. The Bertz CT molecular complexity index is 292. The van der Waals surface area contributed by atoms with Gasteiger partial charge in [-0.05, 0) is 0 Å². The molecule has 0 aromatic heterocycles. The molecule has 16 heavy (non-hydrogen) atoms. The molecule has 0 heterocycles. The quantitative estimate of drug-likeness (QED) is 0.657. The van der Waals surface area contributed by atoms with E-state index in [4.69, 9.17) is 0 Å². The van der Waals surface area contributed by atoms with Crippen LogP contribution in [0, 0.1) is 11.3 Å². The van der Waals surface area contributed by atoms with Crippen LogP contribution in [0.1, 0.15) is 45.4 Å². The molecule has 0 aliphatic heterocycles. The van der Waals surface area contributed by atoms with Crippen molar-refractivity contribution in [3.05, 3.63) is 0 Å². The Hall–Kier alpha value is 0.469. The molecule has 2 saturated carbocycles. The Morgan fingerprint density at radius 2 is 1.88 bits per heavy atom. The monoisotopic (exact) mass is 330 g/mol. The van der Waals surface area contributed by atoms with Crippen LogP contribution in [0.3, 0.4) is 0 Å². The minimum atomic E-state index is -1.96. The molecular formula is C14H26OSn. The number of rotatable bonds is 1. The van der Waals surface area contributed by atoms with Crippen LogP contribution in [0.25, 0.3) is 0 Å². The van der Waals surface area contributed by atoms with Crippen molar-refractivity contribution in [2.75, 3.05) is 0 Å². The van der Waals surface area contributed by atoms with Gasteiger partial charge in [0.25, 0.3) is 0 Å². The van der Waals surface area contributed by atoms with Gasteiger partial charge in [-0.15, -0.1) is 0 Å². The zero-order valence-corrected chi connectivity index (χ0v) is 14.2. The van der Waals surface area contributed by atoms with E-state index in [0.717, 1.165) is 22.7 Å². The number of fused-ring (bicyclic) bond motifs is 1. The fourth-order valence-electron chi connectivity index (χ4n) is 4.34. The van der Waals surface area contributed by atoms with Gasteiger partial charge < -0.3 is 0 Å². The van der Waals surface area contributed by atoms with Crippen molar-refractivity contribution in [1.29, 1.82) is 0 Å². The predicted octanol–water partition coefficient (Wildman–Crippen LogP) is 4.25. The first-order chi connectivity index (χ1) is 7.34. The van der Waals surface area contributed by atoms with Crippen molar-refractivity contribution in [2.45, 2.75) is 64.2 Å². The normalized spacial score (nSPS) is 40.6. The van der Waals surface area contributed by atoms with E-state index < -0.39 is 18.4 Å². The van der Waals surface area contributed by atoms with Crippen molar-refractivity contribution >= 4 is 24.2 Å². The number of carbonyl (C=O) groups is 1. The summed E-state index contributed by atoms with van der Waals surface area (Å²) in [4.78, 5) is 19.5. The summed E-state index contributed by atoms with van der Waals surface area (Å²) in [6.45, 7) is 2.51. The molecule has 2 aliphatic rings. The maximum absolute atomic E-state index is 12.0. The Balaban J connectivity index is 2.30. The third-order valence-electron chi connectivity index (χ3n) is 5.20.